The minimum absolute atomic E-state index is 0. The Bertz CT molecular complexity index is 1280. The van der Waals surface area contributed by atoms with Gasteiger partial charge in [0.1, 0.15) is 11.2 Å². The molecule has 1 fully saturated rings. The summed E-state index contributed by atoms with van der Waals surface area (Å²) in [5.41, 5.74) is 2.51. The van der Waals surface area contributed by atoms with E-state index in [1.54, 1.807) is 19.2 Å². The van der Waals surface area contributed by atoms with Gasteiger partial charge in [0, 0.05) is 29.9 Å². The van der Waals surface area contributed by atoms with E-state index in [1.165, 1.54) is 11.3 Å². The lowest BCUT2D eigenvalue weighted by atomic mass is 9.96. The molecule has 37 heavy (non-hydrogen) atoms. The van der Waals surface area contributed by atoms with E-state index in [2.05, 4.69) is 31.5 Å². The highest BCUT2D eigenvalue weighted by atomic mass is 79.9. The molecule has 0 aliphatic heterocycles. The van der Waals surface area contributed by atoms with Gasteiger partial charge in [-0.05, 0) is 60.0 Å². The van der Waals surface area contributed by atoms with E-state index in [1.807, 2.05) is 29.7 Å². The second kappa shape index (κ2) is 13.0. The van der Waals surface area contributed by atoms with Gasteiger partial charge in [0.25, 0.3) is 0 Å². The van der Waals surface area contributed by atoms with Gasteiger partial charge in [0.15, 0.2) is 11.4 Å². The fourth-order valence-electron chi connectivity index (χ4n) is 4.26. The topological polar surface area (TPSA) is 88.0 Å². The number of urea groups is 1. The van der Waals surface area contributed by atoms with Gasteiger partial charge >= 0.3 is 6.03 Å². The zero-order chi connectivity index (χ0) is 25.8. The Balaban J connectivity index is 0.00000380. The molecule has 1 aromatic carbocycles. The maximum Gasteiger partial charge on any atom is 0.315 e. The number of nitrogens with one attached hydrogen (secondary N) is 2. The van der Waals surface area contributed by atoms with Crippen LogP contribution in [0.4, 0.5) is 10.5 Å². The molecule has 2 aromatic heterocycles. The lowest BCUT2D eigenvalue weighted by molar-refractivity contribution is -0.117. The molecular formula is C25H29BrCl3N5O3. The number of ether oxygens (including phenoxy) is 1. The van der Waals surface area contributed by atoms with Gasteiger partial charge < -0.3 is 20.3 Å². The third-order valence-corrected chi connectivity index (χ3v) is 8.06. The normalized spacial score (nSPS) is 13.6. The lowest BCUT2D eigenvalue weighted by Crippen LogP contribution is -2.46. The molecule has 3 aromatic rings. The highest BCUT2D eigenvalue weighted by Crippen LogP contribution is 2.35. The number of nitrogens with zero attached hydrogens (tertiary/aromatic N) is 3. The number of carbonyl (C=O) groups is 2. The highest BCUT2D eigenvalue weighted by molar-refractivity contribution is 9.10. The van der Waals surface area contributed by atoms with Crippen molar-refractivity contribution >= 4 is 74.8 Å². The predicted molar refractivity (Wildman–Crippen MR) is 152 cm³/mol. The number of carbonyl (C=O) groups excluding carboxylic acids is 2. The molecule has 0 radical (unpaired) electrons. The summed E-state index contributed by atoms with van der Waals surface area (Å²) in [6, 6.07) is 6.85. The summed E-state index contributed by atoms with van der Waals surface area (Å²) in [5, 5.41) is 6.31. The van der Waals surface area contributed by atoms with Crippen LogP contribution < -0.4 is 20.3 Å². The minimum atomic E-state index is -0.338. The maximum absolute atomic E-state index is 12.8. The van der Waals surface area contributed by atoms with Crippen LogP contribution in [-0.2, 0) is 11.4 Å². The summed E-state index contributed by atoms with van der Waals surface area (Å²) < 4.78 is 8.77. The average molecular weight is 634 g/mol. The standard InChI is InChI=1S/C25H28BrCl2N5O3.ClH/c1-15-23(26)33-12-6-9-20(24(33)30-15)36-14-17-18(27)10-11-19(22(17)28)32(2)21(34)13-29-25(35)31-16-7-4-3-5-8-16;/h6,9-12,16H,3-5,7-8,13-14H2,1-2H3,(H2,29,31,35);1H. The number of halogens is 4. The number of benzene rings is 1. The predicted octanol–water partition coefficient (Wildman–Crippen LogP) is 6.31. The lowest BCUT2D eigenvalue weighted by Gasteiger charge is -2.24. The van der Waals surface area contributed by atoms with Crippen LogP contribution in [-0.4, -0.2) is 41.0 Å². The van der Waals surface area contributed by atoms with Crippen molar-refractivity contribution in [3.63, 3.8) is 0 Å². The molecule has 1 aliphatic carbocycles. The number of anilines is 1. The Morgan fingerprint density at radius 3 is 2.68 bits per heavy atom. The number of hydrogen-bond acceptors (Lipinski definition) is 4. The fourth-order valence-corrected chi connectivity index (χ4v) is 5.24. The summed E-state index contributed by atoms with van der Waals surface area (Å²) in [6.45, 7) is 1.83. The van der Waals surface area contributed by atoms with Gasteiger partial charge in [0.05, 0.1) is 22.9 Å². The zero-order valence-electron chi connectivity index (χ0n) is 20.5. The van der Waals surface area contributed by atoms with E-state index >= 15 is 0 Å². The zero-order valence-corrected chi connectivity index (χ0v) is 24.4. The van der Waals surface area contributed by atoms with Crippen LogP contribution in [0.5, 0.6) is 5.75 Å². The van der Waals surface area contributed by atoms with Gasteiger partial charge in [-0.15, -0.1) is 12.4 Å². The van der Waals surface area contributed by atoms with Gasteiger partial charge in [0.2, 0.25) is 5.91 Å². The molecule has 0 spiro atoms. The molecule has 3 amide bonds. The first-order chi connectivity index (χ1) is 17.3. The number of hydrogen-bond donors (Lipinski definition) is 2. The number of aryl methyl sites for hydroxylation is 1. The number of amides is 3. The van der Waals surface area contributed by atoms with Gasteiger partial charge in [-0.3, -0.25) is 9.20 Å². The second-order valence-electron chi connectivity index (χ2n) is 8.82. The monoisotopic (exact) mass is 631 g/mol. The van der Waals surface area contributed by atoms with E-state index < -0.39 is 0 Å². The van der Waals surface area contributed by atoms with Crippen molar-refractivity contribution in [1.29, 1.82) is 0 Å². The van der Waals surface area contributed by atoms with Crippen molar-refractivity contribution in [3.8, 4) is 5.75 Å². The molecule has 0 atom stereocenters. The van der Waals surface area contributed by atoms with Crippen LogP contribution in [0.2, 0.25) is 10.0 Å². The van der Waals surface area contributed by atoms with E-state index in [4.69, 9.17) is 27.9 Å². The van der Waals surface area contributed by atoms with Gasteiger partial charge in [-0.2, -0.15) is 0 Å². The molecule has 8 nitrogen and oxygen atoms in total. The molecule has 200 valence electrons. The van der Waals surface area contributed by atoms with Crippen LogP contribution in [0.15, 0.2) is 35.1 Å². The Morgan fingerprint density at radius 2 is 1.95 bits per heavy atom. The first-order valence-electron chi connectivity index (χ1n) is 11.8. The molecule has 0 unspecified atom stereocenters. The van der Waals surface area contributed by atoms with Crippen molar-refractivity contribution in [2.75, 3.05) is 18.5 Å². The Hall–Kier alpha value is -2.20. The molecule has 2 N–H and O–H groups in total. The van der Waals surface area contributed by atoms with Crippen molar-refractivity contribution < 1.29 is 14.3 Å². The molecule has 1 saturated carbocycles. The molecule has 1 aliphatic rings. The molecule has 12 heteroatoms. The summed E-state index contributed by atoms with van der Waals surface area (Å²) >= 11 is 16.6. The van der Waals surface area contributed by atoms with Crippen molar-refractivity contribution in [1.82, 2.24) is 20.0 Å². The number of pyridine rings is 1. The molecule has 0 saturated heterocycles. The summed E-state index contributed by atoms with van der Waals surface area (Å²) in [6.07, 6.45) is 7.26. The van der Waals surface area contributed by atoms with Gasteiger partial charge in [-0.25, -0.2) is 9.78 Å². The maximum atomic E-state index is 12.8. The summed E-state index contributed by atoms with van der Waals surface area (Å²) in [7, 11) is 1.61. The second-order valence-corrected chi connectivity index (χ2v) is 10.4. The van der Waals surface area contributed by atoms with Crippen LogP contribution in [0, 0.1) is 6.92 Å². The van der Waals surface area contributed by atoms with E-state index in [0.717, 1.165) is 36.0 Å². The fraction of sp³-hybridized carbons (Fsp3) is 0.400. The number of fused-ring (bicyclic) bond motifs is 1. The Labute approximate surface area is 240 Å². The minimum Gasteiger partial charge on any atom is -0.485 e. The smallest absolute Gasteiger partial charge is 0.315 e. The number of likely N-dealkylation sites (N-methyl/N-ethyl adjacent to an activating group) is 1. The SMILES string of the molecule is Cc1nc2c(OCc3c(Cl)ccc(N(C)C(=O)CNC(=O)NC4CCCCC4)c3Cl)cccn2c1Br.Cl. The van der Waals surface area contributed by atoms with Crippen LogP contribution in [0.3, 0.4) is 0 Å². The summed E-state index contributed by atoms with van der Waals surface area (Å²) in [4.78, 5) is 31.0. The number of imidazole rings is 1. The first kappa shape index (κ1) is 29.4. The van der Waals surface area contributed by atoms with Crippen molar-refractivity contribution in [2.24, 2.45) is 0 Å². The Kier molecular flexibility index (Phi) is 10.3. The van der Waals surface area contributed by atoms with E-state index in [-0.39, 0.29) is 43.5 Å². The average Bonchev–Trinajstić information content (AvgIpc) is 3.16. The Morgan fingerprint density at radius 1 is 1.22 bits per heavy atom. The third-order valence-electron chi connectivity index (χ3n) is 6.33. The third kappa shape index (κ3) is 6.82. The number of rotatable bonds is 7. The van der Waals surface area contributed by atoms with Crippen LogP contribution >= 0.6 is 51.5 Å². The largest absolute Gasteiger partial charge is 0.485 e. The van der Waals surface area contributed by atoms with Crippen LogP contribution in [0.1, 0.15) is 43.4 Å². The van der Waals surface area contributed by atoms with Gasteiger partial charge in [-0.1, -0.05) is 42.5 Å². The summed E-state index contributed by atoms with van der Waals surface area (Å²) in [5.74, 6) is 0.258. The number of aromatic nitrogens is 2. The molecule has 0 bridgehead atoms. The molecule has 2 heterocycles. The van der Waals surface area contributed by atoms with Crippen molar-refractivity contribution in [3.05, 3.63) is 56.4 Å². The molecule has 4 rings (SSSR count). The van der Waals surface area contributed by atoms with E-state index in [9.17, 15) is 9.59 Å². The first-order valence-corrected chi connectivity index (χ1v) is 13.3. The highest BCUT2D eigenvalue weighted by Gasteiger charge is 2.21. The quantitative estimate of drug-likeness (QED) is 0.320. The molecular weight excluding hydrogens is 605 g/mol. The van der Waals surface area contributed by atoms with Crippen LogP contribution in [0.25, 0.3) is 5.65 Å². The van der Waals surface area contributed by atoms with Crippen molar-refractivity contribution in [2.45, 2.75) is 51.7 Å². The van der Waals surface area contributed by atoms with E-state index in [0.29, 0.717) is 32.7 Å².